The highest BCUT2D eigenvalue weighted by atomic mass is 19.1. The highest BCUT2D eigenvalue weighted by Crippen LogP contribution is 2.35. The van der Waals surface area contributed by atoms with Crippen molar-refractivity contribution in [3.05, 3.63) is 36.4 Å². The van der Waals surface area contributed by atoms with E-state index in [1.807, 2.05) is 0 Å². The topological polar surface area (TPSA) is 55.1 Å². The van der Waals surface area contributed by atoms with Crippen LogP contribution in [0, 0.1) is 17.7 Å². The summed E-state index contributed by atoms with van der Waals surface area (Å²) in [5, 5.41) is 4.96. The lowest BCUT2D eigenvalue weighted by Crippen LogP contribution is -2.39. The molecule has 1 fully saturated rings. The Labute approximate surface area is 139 Å². The Balaban J connectivity index is 1.84. The fraction of sp³-hybridized carbons (Fsp3) is 0.389. The van der Waals surface area contributed by atoms with E-state index in [0.717, 1.165) is 29.9 Å². The van der Waals surface area contributed by atoms with Gasteiger partial charge in [-0.05, 0) is 42.5 Å². The zero-order valence-corrected chi connectivity index (χ0v) is 13.7. The molecular formula is C18H19FN4O. The van der Waals surface area contributed by atoms with E-state index < -0.39 is 0 Å². The normalized spacial score (nSPS) is 21.4. The van der Waals surface area contributed by atoms with E-state index in [4.69, 9.17) is 4.52 Å². The molecule has 0 N–H and O–H groups in total. The summed E-state index contributed by atoms with van der Waals surface area (Å²) in [6.07, 6.45) is 2.74. The van der Waals surface area contributed by atoms with Crippen LogP contribution >= 0.6 is 0 Å². The van der Waals surface area contributed by atoms with Crippen LogP contribution in [-0.2, 0) is 0 Å². The lowest BCUT2D eigenvalue weighted by molar-refractivity contribution is 0.356. The predicted molar refractivity (Wildman–Crippen MR) is 90.2 cm³/mol. The number of nitrogens with zero attached hydrogens (tertiary/aromatic N) is 4. The minimum absolute atomic E-state index is 0.276. The smallest absolute Gasteiger partial charge is 0.263 e. The van der Waals surface area contributed by atoms with Crippen molar-refractivity contribution in [3.63, 3.8) is 0 Å². The summed E-state index contributed by atoms with van der Waals surface area (Å²) in [4.78, 5) is 11.0. The van der Waals surface area contributed by atoms with E-state index in [9.17, 15) is 4.39 Å². The molecule has 2 aromatic heterocycles. The van der Waals surface area contributed by atoms with E-state index in [1.54, 1.807) is 12.1 Å². The fourth-order valence-corrected chi connectivity index (χ4v) is 3.65. The quantitative estimate of drug-likeness (QED) is 0.715. The number of anilines is 1. The number of hydrogen-bond donors (Lipinski definition) is 0. The standard InChI is InChI=1S/C18H19FN4O/c1-11-7-12(2)9-23(8-11)17-15-16(13-3-5-14(19)6-4-13)22-24-18(15)21-10-20-17/h3-6,10-12H,7-9H2,1-2H3. The molecule has 4 rings (SSSR count). The van der Waals surface area contributed by atoms with Crippen molar-refractivity contribution >= 4 is 16.9 Å². The Kier molecular flexibility index (Phi) is 3.67. The van der Waals surface area contributed by atoms with Crippen molar-refractivity contribution in [1.82, 2.24) is 15.1 Å². The number of fused-ring (bicyclic) bond motifs is 1. The Bertz CT molecular complexity index is 851. The Morgan fingerprint density at radius 1 is 1.08 bits per heavy atom. The van der Waals surface area contributed by atoms with Crippen molar-refractivity contribution in [2.45, 2.75) is 20.3 Å². The van der Waals surface area contributed by atoms with Gasteiger partial charge in [0.25, 0.3) is 5.71 Å². The molecule has 0 saturated carbocycles. The first kappa shape index (κ1) is 15.1. The molecule has 5 nitrogen and oxygen atoms in total. The van der Waals surface area contributed by atoms with Gasteiger partial charge in [-0.15, -0.1) is 0 Å². The van der Waals surface area contributed by atoms with Crippen LogP contribution in [0.5, 0.6) is 0 Å². The predicted octanol–water partition coefficient (Wildman–Crippen LogP) is 3.91. The van der Waals surface area contributed by atoms with Gasteiger partial charge in [0.05, 0.1) is 0 Å². The molecule has 1 aliphatic heterocycles. The number of rotatable bonds is 2. The molecule has 24 heavy (non-hydrogen) atoms. The van der Waals surface area contributed by atoms with Crippen LogP contribution < -0.4 is 4.90 Å². The number of benzene rings is 1. The first-order valence-electron chi connectivity index (χ1n) is 8.23. The van der Waals surface area contributed by atoms with E-state index in [0.29, 0.717) is 23.2 Å². The summed E-state index contributed by atoms with van der Waals surface area (Å²) in [6, 6.07) is 6.24. The molecule has 2 unspecified atom stereocenters. The van der Waals surface area contributed by atoms with E-state index in [1.165, 1.54) is 24.9 Å². The Morgan fingerprint density at radius 3 is 2.50 bits per heavy atom. The molecule has 0 spiro atoms. The van der Waals surface area contributed by atoms with E-state index in [2.05, 4.69) is 33.9 Å². The zero-order chi connectivity index (χ0) is 16.7. The average molecular weight is 326 g/mol. The van der Waals surface area contributed by atoms with Crippen LogP contribution in [0.25, 0.3) is 22.4 Å². The molecule has 0 radical (unpaired) electrons. The monoisotopic (exact) mass is 326 g/mol. The molecular weight excluding hydrogens is 307 g/mol. The second kappa shape index (κ2) is 5.85. The summed E-state index contributed by atoms with van der Waals surface area (Å²) in [5.41, 5.74) is 1.92. The summed E-state index contributed by atoms with van der Waals surface area (Å²) >= 11 is 0. The van der Waals surface area contributed by atoms with Crippen molar-refractivity contribution < 1.29 is 8.91 Å². The molecule has 3 heterocycles. The molecule has 0 bridgehead atoms. The molecule has 0 amide bonds. The number of aromatic nitrogens is 3. The Morgan fingerprint density at radius 2 is 1.79 bits per heavy atom. The highest BCUT2D eigenvalue weighted by molar-refractivity contribution is 5.97. The molecule has 1 aliphatic rings. The third-order valence-corrected chi connectivity index (χ3v) is 4.54. The van der Waals surface area contributed by atoms with Gasteiger partial charge in [-0.25, -0.2) is 9.37 Å². The molecule has 0 aliphatic carbocycles. The van der Waals surface area contributed by atoms with Gasteiger partial charge < -0.3 is 9.42 Å². The molecule has 124 valence electrons. The van der Waals surface area contributed by atoms with Gasteiger partial charge in [0, 0.05) is 18.7 Å². The second-order valence-electron chi connectivity index (χ2n) is 6.77. The van der Waals surface area contributed by atoms with Gasteiger partial charge in [-0.1, -0.05) is 19.0 Å². The third kappa shape index (κ3) is 2.62. The van der Waals surface area contributed by atoms with Gasteiger partial charge in [-0.2, -0.15) is 4.98 Å². The van der Waals surface area contributed by atoms with Crippen LogP contribution in [0.3, 0.4) is 0 Å². The van der Waals surface area contributed by atoms with Crippen molar-refractivity contribution in [2.24, 2.45) is 11.8 Å². The van der Waals surface area contributed by atoms with Gasteiger partial charge in [-0.3, -0.25) is 0 Å². The second-order valence-corrected chi connectivity index (χ2v) is 6.77. The molecule has 1 aromatic carbocycles. The van der Waals surface area contributed by atoms with Gasteiger partial charge >= 0.3 is 0 Å². The molecule has 1 saturated heterocycles. The maximum atomic E-state index is 13.2. The van der Waals surface area contributed by atoms with Crippen LogP contribution in [0.4, 0.5) is 10.2 Å². The first-order chi connectivity index (χ1) is 11.6. The lowest BCUT2D eigenvalue weighted by Gasteiger charge is -2.35. The van der Waals surface area contributed by atoms with Crippen molar-refractivity contribution in [3.8, 4) is 11.3 Å². The highest BCUT2D eigenvalue weighted by Gasteiger charge is 2.27. The number of piperidine rings is 1. The third-order valence-electron chi connectivity index (χ3n) is 4.54. The zero-order valence-electron chi connectivity index (χ0n) is 13.7. The SMILES string of the molecule is CC1CC(C)CN(c2ncnc3onc(-c4ccc(F)cc4)c23)C1. The number of halogens is 1. The van der Waals surface area contributed by atoms with Gasteiger partial charge in [0.15, 0.2) is 0 Å². The largest absolute Gasteiger partial charge is 0.355 e. The number of hydrogen-bond acceptors (Lipinski definition) is 5. The summed E-state index contributed by atoms with van der Waals surface area (Å²) < 4.78 is 18.6. The minimum Gasteiger partial charge on any atom is -0.355 e. The minimum atomic E-state index is -0.276. The maximum Gasteiger partial charge on any atom is 0.263 e. The first-order valence-corrected chi connectivity index (χ1v) is 8.23. The summed E-state index contributed by atoms with van der Waals surface area (Å²) in [7, 11) is 0. The maximum absolute atomic E-state index is 13.2. The van der Waals surface area contributed by atoms with Gasteiger partial charge in [0.2, 0.25) is 0 Å². The lowest BCUT2D eigenvalue weighted by atomic mass is 9.92. The summed E-state index contributed by atoms with van der Waals surface area (Å²) in [6.45, 7) is 6.42. The fourth-order valence-electron chi connectivity index (χ4n) is 3.65. The molecule has 6 heteroatoms. The molecule has 2 atom stereocenters. The van der Waals surface area contributed by atoms with Crippen LogP contribution in [-0.4, -0.2) is 28.2 Å². The van der Waals surface area contributed by atoms with Crippen LogP contribution in [0.1, 0.15) is 20.3 Å². The van der Waals surface area contributed by atoms with Crippen molar-refractivity contribution in [2.75, 3.05) is 18.0 Å². The molecule has 3 aromatic rings. The van der Waals surface area contributed by atoms with Crippen LogP contribution in [0.15, 0.2) is 35.1 Å². The van der Waals surface area contributed by atoms with Crippen molar-refractivity contribution in [1.29, 1.82) is 0 Å². The average Bonchev–Trinajstić information content (AvgIpc) is 2.99. The van der Waals surface area contributed by atoms with E-state index in [-0.39, 0.29) is 5.82 Å². The van der Waals surface area contributed by atoms with Crippen LogP contribution in [0.2, 0.25) is 0 Å². The van der Waals surface area contributed by atoms with Gasteiger partial charge in [0.1, 0.15) is 29.0 Å². The Hall–Kier alpha value is -2.50. The summed E-state index contributed by atoms with van der Waals surface area (Å²) in [5.74, 6) is 1.78. The van der Waals surface area contributed by atoms with E-state index >= 15 is 0 Å².